The first-order valence-electron chi connectivity index (χ1n) is 1.75. The summed E-state index contributed by atoms with van der Waals surface area (Å²) in [5.74, 6) is 0. The Morgan fingerprint density at radius 2 is 1.20 bits per heavy atom. The molecule has 0 fully saturated rings. The fourth-order valence-corrected chi connectivity index (χ4v) is 0. The van der Waals surface area contributed by atoms with Crippen molar-refractivity contribution in [2.24, 2.45) is 0 Å². The first-order valence-corrected chi connectivity index (χ1v) is 2.25. The van der Waals surface area contributed by atoms with E-state index in [0.29, 0.717) is 5.04 Å². The maximum absolute atomic E-state index is 3.42. The Morgan fingerprint density at radius 3 is 1.20 bits per heavy atom. The first kappa shape index (κ1) is 5.22. The van der Waals surface area contributed by atoms with Crippen molar-refractivity contribution in [3.8, 4) is 0 Å². The molecular weight excluding hydrogens is 76.1 g/mol. The Bertz CT molecular complexity index is 19.1. The summed E-state index contributed by atoms with van der Waals surface area (Å²) >= 11 is 0. The van der Waals surface area contributed by atoms with Crippen molar-refractivity contribution >= 4 is 10.2 Å². The topological polar surface area (TPSA) is 0 Å². The highest BCUT2D eigenvalue weighted by molar-refractivity contribution is 6.14. The Labute approximate surface area is 37.0 Å². The summed E-state index contributed by atoms with van der Waals surface area (Å²) in [6.45, 7) is 6.30. The zero-order valence-electron chi connectivity index (χ0n) is 4.00. The van der Waals surface area contributed by atoms with Crippen molar-refractivity contribution in [3.05, 3.63) is 0 Å². The molecule has 0 aromatic rings. The van der Waals surface area contributed by atoms with Crippen molar-refractivity contribution in [1.82, 2.24) is 0 Å². The lowest BCUT2D eigenvalue weighted by atomic mass is 10.3. The van der Waals surface area contributed by atoms with Crippen LogP contribution in [0.3, 0.4) is 0 Å². The molecule has 0 saturated carbocycles. The fraction of sp³-hybridized carbons (Fsp3) is 1.00. The minimum absolute atomic E-state index is 0.306. The predicted molar refractivity (Wildman–Crippen MR) is 25.5 cm³/mol. The Kier molecular flexibility index (Phi) is 1.18. The van der Waals surface area contributed by atoms with E-state index in [1.165, 1.54) is 0 Å². The Balaban J connectivity index is 3.02. The highest BCUT2D eigenvalue weighted by Crippen LogP contribution is 2.13. The molecule has 0 aromatic carbocycles. The van der Waals surface area contributed by atoms with Gasteiger partial charge in [0.05, 0.1) is 0 Å². The van der Waals surface area contributed by atoms with Gasteiger partial charge in [-0.1, -0.05) is 0 Å². The molecule has 0 rings (SSSR count). The second-order valence-corrected chi connectivity index (χ2v) is 3.75. The average Bonchev–Trinajstić information content (AvgIpc) is 0.722. The second kappa shape index (κ2) is 1.13. The molecule has 0 heterocycles. The van der Waals surface area contributed by atoms with Crippen LogP contribution in [0.25, 0.3) is 0 Å². The van der Waals surface area contributed by atoms with Crippen LogP contribution in [0.4, 0.5) is 0 Å². The van der Waals surface area contributed by atoms with E-state index < -0.39 is 0 Å². The van der Waals surface area contributed by atoms with E-state index in [0.717, 1.165) is 0 Å². The average molecular weight is 85.2 g/mol. The van der Waals surface area contributed by atoms with Crippen LogP contribution in [-0.2, 0) is 0 Å². The summed E-state index contributed by atoms with van der Waals surface area (Å²) in [4.78, 5) is 0. The molecule has 0 aliphatic carbocycles. The molecule has 0 unspecified atom stereocenters. The van der Waals surface area contributed by atoms with Gasteiger partial charge in [0, 0.05) is 20.8 Å². The minimum Gasteiger partial charge on any atom is 0.0105 e. The van der Waals surface area contributed by atoms with Crippen molar-refractivity contribution in [3.63, 3.8) is 0 Å². The standard InChI is InChI=1S/C4H9Si/c1-4(2,3)5/h1-3H3/q+2. The monoisotopic (exact) mass is 85.0 g/mol. The lowest BCUT2D eigenvalue weighted by molar-refractivity contribution is 0.767. The van der Waals surface area contributed by atoms with E-state index in [4.69, 9.17) is 0 Å². The largest absolute Gasteiger partial charge is 1.39 e. The first-order chi connectivity index (χ1) is 2.00. The molecular formula is C4H9Si+2. The minimum atomic E-state index is 0.306. The molecule has 5 heavy (non-hydrogen) atoms. The SMILES string of the molecule is CC(C)(C)[Si+2]. The van der Waals surface area contributed by atoms with Crippen LogP contribution in [0.15, 0.2) is 0 Å². The van der Waals surface area contributed by atoms with Gasteiger partial charge in [0.25, 0.3) is 0 Å². The van der Waals surface area contributed by atoms with Gasteiger partial charge in [-0.25, -0.2) is 0 Å². The third-order valence-electron chi connectivity index (χ3n) is 0. The van der Waals surface area contributed by atoms with Crippen LogP contribution in [0.2, 0.25) is 5.04 Å². The van der Waals surface area contributed by atoms with E-state index in [1.807, 2.05) is 0 Å². The van der Waals surface area contributed by atoms with Gasteiger partial charge in [-0.2, -0.15) is 0 Å². The number of hydrogen-bond donors (Lipinski definition) is 0. The van der Waals surface area contributed by atoms with Crippen molar-refractivity contribution in [2.75, 3.05) is 0 Å². The van der Waals surface area contributed by atoms with Crippen LogP contribution < -0.4 is 0 Å². The summed E-state index contributed by atoms with van der Waals surface area (Å²) in [5, 5.41) is 0.306. The maximum Gasteiger partial charge on any atom is 1.39 e. The van der Waals surface area contributed by atoms with Crippen LogP contribution in [0.1, 0.15) is 20.8 Å². The number of hydrogen-bond acceptors (Lipinski definition) is 0. The zero-order valence-corrected chi connectivity index (χ0v) is 5.00. The van der Waals surface area contributed by atoms with Crippen molar-refractivity contribution in [2.45, 2.75) is 25.8 Å². The summed E-state index contributed by atoms with van der Waals surface area (Å²) in [6.07, 6.45) is 0. The molecule has 1 radical (unpaired) electrons. The van der Waals surface area contributed by atoms with Crippen LogP contribution >= 0.6 is 0 Å². The van der Waals surface area contributed by atoms with Gasteiger partial charge in [0.2, 0.25) is 0 Å². The van der Waals surface area contributed by atoms with Gasteiger partial charge >= 0.3 is 15.3 Å². The van der Waals surface area contributed by atoms with Crippen molar-refractivity contribution in [1.29, 1.82) is 0 Å². The van der Waals surface area contributed by atoms with Gasteiger partial charge in [-0.15, -0.1) is 0 Å². The summed E-state index contributed by atoms with van der Waals surface area (Å²) in [5.41, 5.74) is 0. The van der Waals surface area contributed by atoms with Gasteiger partial charge in [0.1, 0.15) is 0 Å². The zero-order chi connectivity index (χ0) is 4.50. The summed E-state index contributed by atoms with van der Waals surface area (Å²) in [7, 11) is 3.42. The van der Waals surface area contributed by atoms with Crippen molar-refractivity contribution < 1.29 is 0 Å². The molecule has 0 aromatic heterocycles. The van der Waals surface area contributed by atoms with Crippen LogP contribution in [-0.4, -0.2) is 10.2 Å². The molecule has 0 aliphatic rings. The molecule has 0 bridgehead atoms. The molecule has 1 heteroatoms. The highest BCUT2D eigenvalue weighted by Gasteiger charge is 2.46. The normalized spacial score (nSPS) is 11.6. The van der Waals surface area contributed by atoms with Gasteiger partial charge < -0.3 is 0 Å². The molecule has 0 aliphatic heterocycles. The molecule has 0 N–H and O–H groups in total. The molecule has 0 amide bonds. The maximum atomic E-state index is 3.42. The third-order valence-corrected chi connectivity index (χ3v) is 0. The lowest BCUT2D eigenvalue weighted by Crippen LogP contribution is -1.90. The van der Waals surface area contributed by atoms with Gasteiger partial charge in [-0.3, -0.25) is 0 Å². The summed E-state index contributed by atoms with van der Waals surface area (Å²) in [6, 6.07) is 0. The van der Waals surface area contributed by atoms with Gasteiger partial charge in [0.15, 0.2) is 0 Å². The number of rotatable bonds is 0. The molecule has 27 valence electrons. The smallest absolute Gasteiger partial charge is 0.0105 e. The van der Waals surface area contributed by atoms with Gasteiger partial charge in [-0.05, 0) is 0 Å². The third kappa shape index (κ3) is 441. The molecule has 0 nitrogen and oxygen atoms in total. The van der Waals surface area contributed by atoms with E-state index in [1.54, 1.807) is 0 Å². The quantitative estimate of drug-likeness (QED) is 0.390. The van der Waals surface area contributed by atoms with Crippen LogP contribution in [0.5, 0.6) is 0 Å². The van der Waals surface area contributed by atoms with Crippen LogP contribution in [0, 0.1) is 0 Å². The Hall–Kier alpha value is 0.217. The molecule has 0 spiro atoms. The second-order valence-electron chi connectivity index (χ2n) is 2.25. The van der Waals surface area contributed by atoms with E-state index in [2.05, 4.69) is 31.0 Å². The highest BCUT2D eigenvalue weighted by atomic mass is 28.1. The van der Waals surface area contributed by atoms with E-state index in [9.17, 15) is 0 Å². The Morgan fingerprint density at radius 1 is 1.20 bits per heavy atom. The fourth-order valence-electron chi connectivity index (χ4n) is 0. The lowest BCUT2D eigenvalue weighted by Gasteiger charge is -1.73. The van der Waals surface area contributed by atoms with E-state index in [-0.39, 0.29) is 0 Å². The molecule has 0 saturated heterocycles. The predicted octanol–water partition coefficient (Wildman–Crippen LogP) is 1.37. The van der Waals surface area contributed by atoms with E-state index >= 15 is 0 Å². The molecule has 0 atom stereocenters. The summed E-state index contributed by atoms with van der Waals surface area (Å²) < 4.78 is 0.